The Kier molecular flexibility index (Phi) is 2.07. The Labute approximate surface area is 110 Å². The lowest BCUT2D eigenvalue weighted by Gasteiger charge is -2.31. The first-order chi connectivity index (χ1) is 9.25. The third-order valence-corrected chi connectivity index (χ3v) is 4.08. The molecule has 2 aromatic carbocycles. The highest BCUT2D eigenvalue weighted by Crippen LogP contribution is 2.38. The number of para-hydroxylation sites is 1. The molecule has 2 aliphatic heterocycles. The van der Waals surface area contributed by atoms with Gasteiger partial charge in [-0.05, 0) is 36.6 Å². The quantitative estimate of drug-likeness (QED) is 0.707. The smallest absolute Gasteiger partial charge is 0.258 e. The molecule has 0 N–H and O–H groups in total. The van der Waals surface area contributed by atoms with E-state index in [1.807, 2.05) is 29.2 Å². The van der Waals surface area contributed by atoms with Gasteiger partial charge in [-0.1, -0.05) is 24.3 Å². The average molecular weight is 253 g/mol. The number of benzene rings is 2. The van der Waals surface area contributed by atoms with Crippen molar-refractivity contribution >= 4 is 11.6 Å². The maximum Gasteiger partial charge on any atom is 0.258 e. The molecule has 1 unspecified atom stereocenters. The summed E-state index contributed by atoms with van der Waals surface area (Å²) in [7, 11) is 0. The molecule has 0 saturated heterocycles. The number of amides is 1. The molecule has 0 radical (unpaired) electrons. The van der Waals surface area contributed by atoms with E-state index in [9.17, 15) is 9.18 Å². The van der Waals surface area contributed by atoms with Gasteiger partial charge in [-0.2, -0.15) is 0 Å². The van der Waals surface area contributed by atoms with Crippen molar-refractivity contribution in [2.45, 2.75) is 18.9 Å². The van der Waals surface area contributed by atoms with Crippen LogP contribution in [0.1, 0.15) is 21.5 Å². The van der Waals surface area contributed by atoms with Crippen molar-refractivity contribution < 1.29 is 9.18 Å². The summed E-state index contributed by atoms with van der Waals surface area (Å²) in [5, 5.41) is 0. The second kappa shape index (κ2) is 3.67. The lowest BCUT2D eigenvalue weighted by atomic mass is 9.93. The van der Waals surface area contributed by atoms with Crippen LogP contribution in [0, 0.1) is 5.82 Å². The molecule has 2 heterocycles. The van der Waals surface area contributed by atoms with Crippen LogP contribution in [0.15, 0.2) is 42.5 Å². The second-order valence-corrected chi connectivity index (χ2v) is 5.13. The van der Waals surface area contributed by atoms with Gasteiger partial charge in [0.1, 0.15) is 5.82 Å². The summed E-state index contributed by atoms with van der Waals surface area (Å²) in [4.78, 5) is 14.4. The number of nitrogens with zero attached hydrogens (tertiary/aromatic N) is 1. The predicted molar refractivity (Wildman–Crippen MR) is 70.8 cm³/mol. The molecule has 0 aliphatic carbocycles. The van der Waals surface area contributed by atoms with Crippen molar-refractivity contribution in [3.05, 3.63) is 65.0 Å². The van der Waals surface area contributed by atoms with Crippen LogP contribution in [0.3, 0.4) is 0 Å². The monoisotopic (exact) mass is 253 g/mol. The van der Waals surface area contributed by atoms with Gasteiger partial charge < -0.3 is 4.90 Å². The molecule has 0 aromatic heterocycles. The number of halogens is 1. The molecule has 19 heavy (non-hydrogen) atoms. The first-order valence-corrected chi connectivity index (χ1v) is 6.44. The first kappa shape index (κ1) is 10.7. The number of carbonyl (C=O) groups excluding carboxylic acids is 1. The minimum Gasteiger partial charge on any atom is -0.304 e. The number of rotatable bonds is 0. The zero-order valence-electron chi connectivity index (χ0n) is 10.3. The summed E-state index contributed by atoms with van der Waals surface area (Å²) < 4.78 is 13.9. The van der Waals surface area contributed by atoms with Crippen molar-refractivity contribution in [1.29, 1.82) is 0 Å². The molecule has 3 heteroatoms. The maximum atomic E-state index is 13.9. The number of hydrogen-bond acceptors (Lipinski definition) is 1. The molecule has 0 saturated carbocycles. The van der Waals surface area contributed by atoms with Gasteiger partial charge in [0.2, 0.25) is 0 Å². The van der Waals surface area contributed by atoms with Crippen molar-refractivity contribution in [3.8, 4) is 0 Å². The highest BCUT2D eigenvalue weighted by atomic mass is 19.1. The molecule has 94 valence electrons. The maximum absolute atomic E-state index is 13.9. The molecule has 2 aliphatic rings. The lowest BCUT2D eigenvalue weighted by molar-refractivity contribution is 0.0970. The molecule has 0 spiro atoms. The van der Waals surface area contributed by atoms with E-state index in [0.717, 1.165) is 12.1 Å². The Morgan fingerprint density at radius 1 is 1.05 bits per heavy atom. The third-order valence-electron chi connectivity index (χ3n) is 4.08. The van der Waals surface area contributed by atoms with Crippen LogP contribution in [-0.2, 0) is 12.8 Å². The zero-order valence-corrected chi connectivity index (χ0v) is 10.3. The number of carbonyl (C=O) groups is 1. The summed E-state index contributed by atoms with van der Waals surface area (Å²) in [6.45, 7) is 0. The highest BCUT2D eigenvalue weighted by molar-refractivity contribution is 6.10. The van der Waals surface area contributed by atoms with E-state index >= 15 is 0 Å². The molecular formula is C16H12FNO. The van der Waals surface area contributed by atoms with Crippen LogP contribution in [0.2, 0.25) is 0 Å². The molecule has 1 atom stereocenters. The van der Waals surface area contributed by atoms with Crippen molar-refractivity contribution in [3.63, 3.8) is 0 Å². The van der Waals surface area contributed by atoms with Gasteiger partial charge in [-0.15, -0.1) is 0 Å². The summed E-state index contributed by atoms with van der Waals surface area (Å²) in [5.41, 5.74) is 3.23. The Bertz CT molecular complexity index is 695. The Hall–Kier alpha value is -2.16. The normalized spacial score (nSPS) is 19.9. The zero-order chi connectivity index (χ0) is 13.0. The van der Waals surface area contributed by atoms with Crippen LogP contribution in [0.5, 0.6) is 0 Å². The van der Waals surface area contributed by atoms with Gasteiger partial charge in [0.25, 0.3) is 5.91 Å². The minimum absolute atomic E-state index is 0.0642. The van der Waals surface area contributed by atoms with Crippen molar-refractivity contribution in [1.82, 2.24) is 0 Å². The molecular weight excluding hydrogens is 241 g/mol. The fraction of sp³-hybridized carbons (Fsp3) is 0.188. The van der Waals surface area contributed by atoms with Crippen LogP contribution in [0.4, 0.5) is 10.1 Å². The predicted octanol–water partition coefficient (Wildman–Crippen LogP) is 2.95. The largest absolute Gasteiger partial charge is 0.304 e. The summed E-state index contributed by atoms with van der Waals surface area (Å²) in [5.74, 6) is -0.336. The van der Waals surface area contributed by atoms with Crippen LogP contribution < -0.4 is 4.90 Å². The molecule has 4 rings (SSSR count). The Balaban J connectivity index is 1.89. The number of anilines is 1. The van der Waals surface area contributed by atoms with E-state index in [2.05, 4.69) is 0 Å². The topological polar surface area (TPSA) is 20.3 Å². The number of hydrogen-bond donors (Lipinski definition) is 0. The number of fused-ring (bicyclic) bond motifs is 4. The van der Waals surface area contributed by atoms with Crippen molar-refractivity contribution in [2.75, 3.05) is 4.90 Å². The van der Waals surface area contributed by atoms with E-state index in [1.54, 1.807) is 12.1 Å². The lowest BCUT2D eigenvalue weighted by Crippen LogP contribution is -2.43. The van der Waals surface area contributed by atoms with E-state index in [1.165, 1.54) is 11.6 Å². The van der Waals surface area contributed by atoms with Gasteiger partial charge in [-0.3, -0.25) is 4.79 Å². The SMILES string of the molecule is O=C1c2cccc(F)c2CC2Cc3ccccc3N12. The summed E-state index contributed by atoms with van der Waals surface area (Å²) in [6.07, 6.45) is 1.41. The fourth-order valence-corrected chi connectivity index (χ4v) is 3.23. The summed E-state index contributed by atoms with van der Waals surface area (Å²) >= 11 is 0. The second-order valence-electron chi connectivity index (χ2n) is 5.13. The fourth-order valence-electron chi connectivity index (χ4n) is 3.23. The Morgan fingerprint density at radius 2 is 1.89 bits per heavy atom. The van der Waals surface area contributed by atoms with E-state index in [-0.39, 0.29) is 17.8 Å². The van der Waals surface area contributed by atoms with Gasteiger partial charge in [-0.25, -0.2) is 4.39 Å². The summed E-state index contributed by atoms with van der Waals surface area (Å²) in [6, 6.07) is 12.8. The highest BCUT2D eigenvalue weighted by Gasteiger charge is 2.39. The molecule has 0 fully saturated rings. The van der Waals surface area contributed by atoms with Gasteiger partial charge in [0, 0.05) is 22.9 Å². The van der Waals surface area contributed by atoms with Gasteiger partial charge >= 0.3 is 0 Å². The van der Waals surface area contributed by atoms with E-state index in [4.69, 9.17) is 0 Å². The molecule has 2 aromatic rings. The van der Waals surface area contributed by atoms with E-state index < -0.39 is 0 Å². The van der Waals surface area contributed by atoms with Crippen molar-refractivity contribution in [2.24, 2.45) is 0 Å². The average Bonchev–Trinajstić information content (AvgIpc) is 2.79. The van der Waals surface area contributed by atoms with Crippen LogP contribution in [-0.4, -0.2) is 11.9 Å². The van der Waals surface area contributed by atoms with Crippen LogP contribution >= 0.6 is 0 Å². The Morgan fingerprint density at radius 3 is 2.79 bits per heavy atom. The molecule has 2 nitrogen and oxygen atoms in total. The van der Waals surface area contributed by atoms with Gasteiger partial charge in [0.15, 0.2) is 0 Å². The molecule has 0 bridgehead atoms. The third kappa shape index (κ3) is 1.38. The minimum atomic E-state index is -0.263. The first-order valence-electron chi connectivity index (χ1n) is 6.44. The standard InChI is InChI=1S/C16H12FNO/c17-14-6-3-5-12-13(14)9-11-8-10-4-1-2-7-15(10)18(11)16(12)19/h1-7,11H,8-9H2. The van der Waals surface area contributed by atoms with E-state index in [0.29, 0.717) is 17.5 Å². The molecule has 1 amide bonds. The van der Waals surface area contributed by atoms with Gasteiger partial charge in [0.05, 0.1) is 0 Å². The van der Waals surface area contributed by atoms with Crippen LogP contribution in [0.25, 0.3) is 0 Å².